The molecule has 0 heterocycles. The van der Waals surface area contributed by atoms with Crippen LogP contribution in [0.3, 0.4) is 0 Å². The van der Waals surface area contributed by atoms with E-state index >= 15 is 0 Å². The van der Waals surface area contributed by atoms with Gasteiger partial charge in [-0.05, 0) is 7.05 Å². The molecule has 13 heavy (non-hydrogen) atoms. The van der Waals surface area contributed by atoms with Crippen LogP contribution in [-0.2, 0) is 9.59 Å². The molecule has 0 saturated carbocycles. The van der Waals surface area contributed by atoms with Crippen LogP contribution in [0.1, 0.15) is 20.3 Å². The van der Waals surface area contributed by atoms with Crippen LogP contribution in [0.4, 0.5) is 0 Å². The number of carbonyl (C=O) groups excluding carboxylic acids is 2. The Morgan fingerprint density at radius 3 is 2.15 bits per heavy atom. The van der Waals surface area contributed by atoms with Gasteiger partial charge in [0.05, 0.1) is 19.5 Å². The minimum absolute atomic E-state index is 0.0283. The third kappa shape index (κ3) is 7.62. The largest absolute Gasteiger partial charge is 0.313 e. The number of Topliss-reactive ketones (excluding diaryl/α,β-unsaturated/α-hetero) is 2. The molecule has 0 rings (SSSR count). The van der Waals surface area contributed by atoms with E-state index < -0.39 is 0 Å². The molecule has 0 fully saturated rings. The van der Waals surface area contributed by atoms with E-state index in [-0.39, 0.29) is 37.1 Å². The average molecular weight is 186 g/mol. The lowest BCUT2D eigenvalue weighted by Gasteiger charge is -2.06. The van der Waals surface area contributed by atoms with E-state index in [1.807, 2.05) is 13.8 Å². The molecule has 0 aliphatic rings. The molecule has 0 atom stereocenters. The summed E-state index contributed by atoms with van der Waals surface area (Å²) in [6.45, 7) is 4.48. The van der Waals surface area contributed by atoms with Gasteiger partial charge >= 0.3 is 0 Å². The first-order chi connectivity index (χ1) is 6.06. The lowest BCUT2D eigenvalue weighted by Crippen LogP contribution is -2.31. The third-order valence-electron chi connectivity index (χ3n) is 1.48. The molecule has 0 aromatic carbocycles. The first-order valence-corrected chi connectivity index (χ1v) is 4.47. The van der Waals surface area contributed by atoms with Crippen molar-refractivity contribution in [1.82, 2.24) is 10.6 Å². The van der Waals surface area contributed by atoms with E-state index in [0.717, 1.165) is 0 Å². The Morgan fingerprint density at radius 1 is 1.15 bits per heavy atom. The van der Waals surface area contributed by atoms with Crippen molar-refractivity contribution >= 4 is 11.6 Å². The highest BCUT2D eigenvalue weighted by atomic mass is 16.1. The fourth-order valence-electron chi connectivity index (χ4n) is 0.860. The van der Waals surface area contributed by atoms with Crippen LogP contribution in [0.25, 0.3) is 0 Å². The molecule has 0 aromatic heterocycles. The fraction of sp³-hybridized carbons (Fsp3) is 0.778. The van der Waals surface area contributed by atoms with Gasteiger partial charge in [0.2, 0.25) is 0 Å². The van der Waals surface area contributed by atoms with E-state index in [2.05, 4.69) is 10.6 Å². The summed E-state index contributed by atoms with van der Waals surface area (Å²) in [5.41, 5.74) is 0. The summed E-state index contributed by atoms with van der Waals surface area (Å²) in [6, 6.07) is 0.281. The van der Waals surface area contributed by atoms with Crippen LogP contribution < -0.4 is 10.6 Å². The molecule has 0 amide bonds. The summed E-state index contributed by atoms with van der Waals surface area (Å²) in [7, 11) is 1.69. The summed E-state index contributed by atoms with van der Waals surface area (Å²) in [5, 5.41) is 5.69. The lowest BCUT2D eigenvalue weighted by atomic mass is 10.2. The average Bonchev–Trinajstić information content (AvgIpc) is 2.01. The van der Waals surface area contributed by atoms with Crippen LogP contribution >= 0.6 is 0 Å². The molecular weight excluding hydrogens is 168 g/mol. The summed E-state index contributed by atoms with van der Waals surface area (Å²) in [6.07, 6.45) is 0.0283. The first-order valence-electron chi connectivity index (χ1n) is 4.47. The summed E-state index contributed by atoms with van der Waals surface area (Å²) in [4.78, 5) is 22.1. The molecule has 0 aromatic rings. The van der Waals surface area contributed by atoms with E-state index in [1.165, 1.54) is 0 Å². The smallest absolute Gasteiger partial charge is 0.154 e. The predicted molar refractivity (Wildman–Crippen MR) is 51.7 cm³/mol. The number of nitrogens with one attached hydrogen (secondary N) is 2. The fourth-order valence-corrected chi connectivity index (χ4v) is 0.860. The van der Waals surface area contributed by atoms with Crippen LogP contribution in [0.15, 0.2) is 0 Å². The maximum atomic E-state index is 11.1. The third-order valence-corrected chi connectivity index (χ3v) is 1.48. The van der Waals surface area contributed by atoms with Crippen molar-refractivity contribution in [2.75, 3.05) is 20.1 Å². The zero-order valence-corrected chi connectivity index (χ0v) is 8.52. The Labute approximate surface area is 79.1 Å². The minimum atomic E-state index is -0.0574. The number of rotatable bonds is 7. The van der Waals surface area contributed by atoms with Crippen molar-refractivity contribution in [2.24, 2.45) is 0 Å². The molecule has 4 nitrogen and oxygen atoms in total. The Balaban J connectivity index is 3.56. The molecule has 0 unspecified atom stereocenters. The summed E-state index contributed by atoms with van der Waals surface area (Å²) >= 11 is 0. The second kappa shape index (κ2) is 6.74. The van der Waals surface area contributed by atoms with Gasteiger partial charge in [-0.2, -0.15) is 0 Å². The monoisotopic (exact) mass is 186 g/mol. The number of hydrogen-bond acceptors (Lipinski definition) is 4. The maximum absolute atomic E-state index is 11.1. The van der Waals surface area contributed by atoms with Crippen LogP contribution in [-0.4, -0.2) is 37.7 Å². The molecule has 76 valence electrons. The van der Waals surface area contributed by atoms with Crippen LogP contribution in [0.5, 0.6) is 0 Å². The number of carbonyl (C=O) groups is 2. The van der Waals surface area contributed by atoms with E-state index in [1.54, 1.807) is 7.05 Å². The molecule has 0 radical (unpaired) electrons. The van der Waals surface area contributed by atoms with Gasteiger partial charge < -0.3 is 10.6 Å². The van der Waals surface area contributed by atoms with Gasteiger partial charge in [-0.25, -0.2) is 0 Å². The zero-order chi connectivity index (χ0) is 10.3. The molecule has 4 heteroatoms. The van der Waals surface area contributed by atoms with Gasteiger partial charge in [0.15, 0.2) is 11.6 Å². The molecule has 2 N–H and O–H groups in total. The first kappa shape index (κ1) is 12.3. The second-order valence-electron chi connectivity index (χ2n) is 3.32. The maximum Gasteiger partial charge on any atom is 0.154 e. The minimum Gasteiger partial charge on any atom is -0.313 e. The van der Waals surface area contributed by atoms with Crippen molar-refractivity contribution < 1.29 is 9.59 Å². The highest BCUT2D eigenvalue weighted by Crippen LogP contribution is 1.85. The molecular formula is C9H18N2O2. The van der Waals surface area contributed by atoms with Gasteiger partial charge in [-0.1, -0.05) is 13.8 Å². The summed E-state index contributed by atoms with van der Waals surface area (Å²) in [5.74, 6) is -0.105. The van der Waals surface area contributed by atoms with Crippen molar-refractivity contribution in [2.45, 2.75) is 26.3 Å². The van der Waals surface area contributed by atoms with Gasteiger partial charge in [-0.3, -0.25) is 9.59 Å². The Morgan fingerprint density at radius 2 is 1.69 bits per heavy atom. The van der Waals surface area contributed by atoms with Crippen molar-refractivity contribution in [3.05, 3.63) is 0 Å². The number of ketones is 2. The van der Waals surface area contributed by atoms with Crippen molar-refractivity contribution in [3.63, 3.8) is 0 Å². The van der Waals surface area contributed by atoms with E-state index in [4.69, 9.17) is 0 Å². The van der Waals surface area contributed by atoms with Crippen molar-refractivity contribution in [3.8, 4) is 0 Å². The Bertz CT molecular complexity index is 178. The topological polar surface area (TPSA) is 58.2 Å². The Kier molecular flexibility index (Phi) is 6.36. The normalized spacial score (nSPS) is 10.5. The SMILES string of the molecule is CNCC(=O)CC(=O)CNC(C)C. The number of hydrogen-bond donors (Lipinski definition) is 2. The molecule has 0 spiro atoms. The van der Waals surface area contributed by atoms with Gasteiger partial charge in [0.1, 0.15) is 0 Å². The predicted octanol–water partition coefficient (Wildman–Crippen LogP) is -0.268. The highest BCUT2D eigenvalue weighted by molar-refractivity contribution is 6.00. The van der Waals surface area contributed by atoms with Crippen LogP contribution in [0, 0.1) is 0 Å². The van der Waals surface area contributed by atoms with Crippen LogP contribution in [0.2, 0.25) is 0 Å². The van der Waals surface area contributed by atoms with Gasteiger partial charge in [0.25, 0.3) is 0 Å². The standard InChI is InChI=1S/C9H18N2O2/c1-7(2)11-6-9(13)4-8(12)5-10-3/h7,10-11H,4-6H2,1-3H3. The quantitative estimate of drug-likeness (QED) is 0.537. The molecule has 0 aliphatic carbocycles. The highest BCUT2D eigenvalue weighted by Gasteiger charge is 2.08. The summed E-state index contributed by atoms with van der Waals surface area (Å²) < 4.78 is 0. The zero-order valence-electron chi connectivity index (χ0n) is 8.52. The van der Waals surface area contributed by atoms with Crippen molar-refractivity contribution in [1.29, 1.82) is 0 Å². The number of likely N-dealkylation sites (N-methyl/N-ethyl adjacent to an activating group) is 1. The Hall–Kier alpha value is -0.740. The molecule has 0 bridgehead atoms. The molecule has 0 saturated heterocycles. The van der Waals surface area contributed by atoms with E-state index in [0.29, 0.717) is 0 Å². The molecule has 0 aliphatic heterocycles. The van der Waals surface area contributed by atoms with Gasteiger partial charge in [-0.15, -0.1) is 0 Å². The van der Waals surface area contributed by atoms with Gasteiger partial charge in [0, 0.05) is 6.04 Å². The lowest BCUT2D eigenvalue weighted by molar-refractivity contribution is -0.126. The van der Waals surface area contributed by atoms with E-state index in [9.17, 15) is 9.59 Å². The second-order valence-corrected chi connectivity index (χ2v) is 3.32.